The van der Waals surface area contributed by atoms with Crippen LogP contribution in [0, 0.1) is 0 Å². The Balaban J connectivity index is 1.81. The molecule has 0 aliphatic rings. The minimum absolute atomic E-state index is 1.25. The first-order valence-electron chi connectivity index (χ1n) is 9.30. The molecule has 0 aliphatic heterocycles. The van der Waals surface area contributed by atoms with Crippen LogP contribution >= 0.6 is 0 Å². The SMILES string of the molecule is c1ccc(-c2cc3cccc4cc(-c5ccccc5)c5ccc2n5c34)cc1. The molecule has 0 N–H and O–H groups in total. The van der Waals surface area contributed by atoms with Crippen molar-refractivity contribution >= 4 is 27.3 Å². The predicted octanol–water partition coefficient (Wildman–Crippen LogP) is 7.02. The van der Waals surface area contributed by atoms with Crippen molar-refractivity contribution in [3.8, 4) is 22.3 Å². The van der Waals surface area contributed by atoms with Gasteiger partial charge in [0, 0.05) is 11.1 Å². The van der Waals surface area contributed by atoms with Crippen LogP contribution in [-0.4, -0.2) is 4.40 Å². The minimum Gasteiger partial charge on any atom is -0.308 e. The Hall–Kier alpha value is -3.58. The van der Waals surface area contributed by atoms with E-state index in [-0.39, 0.29) is 0 Å². The summed E-state index contributed by atoms with van der Waals surface area (Å²) in [7, 11) is 0. The number of nitrogens with zero attached hydrogens (tertiary/aromatic N) is 1. The molecule has 0 aliphatic carbocycles. The number of hydrogen-bond acceptors (Lipinski definition) is 0. The summed E-state index contributed by atoms with van der Waals surface area (Å²) >= 11 is 0. The highest BCUT2D eigenvalue weighted by Crippen LogP contribution is 2.38. The van der Waals surface area contributed by atoms with Gasteiger partial charge < -0.3 is 4.40 Å². The molecule has 3 aromatic heterocycles. The van der Waals surface area contributed by atoms with Crippen LogP contribution in [0.5, 0.6) is 0 Å². The van der Waals surface area contributed by atoms with Crippen molar-refractivity contribution in [1.29, 1.82) is 0 Å². The first-order valence-corrected chi connectivity index (χ1v) is 9.30. The molecule has 0 atom stereocenters. The quantitative estimate of drug-likeness (QED) is 0.318. The van der Waals surface area contributed by atoms with Crippen molar-refractivity contribution in [2.24, 2.45) is 0 Å². The molecule has 0 spiro atoms. The topological polar surface area (TPSA) is 4.41 Å². The molecule has 0 unspecified atom stereocenters. The lowest BCUT2D eigenvalue weighted by Gasteiger charge is -2.16. The highest BCUT2D eigenvalue weighted by molar-refractivity contribution is 6.07. The molecule has 27 heavy (non-hydrogen) atoms. The summed E-state index contributed by atoms with van der Waals surface area (Å²) in [5, 5.41) is 2.55. The van der Waals surface area contributed by atoms with Gasteiger partial charge in [0.1, 0.15) is 0 Å². The number of benzene rings is 3. The molecule has 0 radical (unpaired) electrons. The molecule has 126 valence electrons. The van der Waals surface area contributed by atoms with Gasteiger partial charge in [-0.15, -0.1) is 0 Å². The smallest absolute Gasteiger partial charge is 0.0607 e. The molecule has 6 rings (SSSR count). The standard InChI is InChI=1S/C26H17N/c1-3-8-18(9-4-1)22-16-20-12-7-13-21-17-23(19-10-5-2-6-11-19)25-15-14-24(22)27(25)26(20)21/h1-17H. The highest BCUT2D eigenvalue weighted by Gasteiger charge is 2.16. The van der Waals surface area contributed by atoms with E-state index in [1.807, 2.05) is 0 Å². The van der Waals surface area contributed by atoms with Crippen molar-refractivity contribution in [2.45, 2.75) is 0 Å². The van der Waals surface area contributed by atoms with Crippen LogP contribution in [0.25, 0.3) is 49.6 Å². The van der Waals surface area contributed by atoms with Gasteiger partial charge in [-0.05, 0) is 46.2 Å². The number of aromatic nitrogens is 1. The van der Waals surface area contributed by atoms with Crippen molar-refractivity contribution in [1.82, 2.24) is 4.40 Å². The maximum Gasteiger partial charge on any atom is 0.0607 e. The van der Waals surface area contributed by atoms with Crippen LogP contribution in [0.4, 0.5) is 0 Å². The van der Waals surface area contributed by atoms with Gasteiger partial charge in [-0.1, -0.05) is 78.9 Å². The van der Waals surface area contributed by atoms with Gasteiger partial charge in [0.05, 0.1) is 16.6 Å². The van der Waals surface area contributed by atoms with E-state index in [0.717, 1.165) is 0 Å². The zero-order valence-electron chi connectivity index (χ0n) is 14.8. The van der Waals surface area contributed by atoms with Crippen LogP contribution in [0.2, 0.25) is 0 Å². The van der Waals surface area contributed by atoms with Gasteiger partial charge in [0.15, 0.2) is 0 Å². The number of pyridine rings is 2. The molecule has 1 heteroatoms. The first kappa shape index (κ1) is 14.6. The summed E-state index contributed by atoms with van der Waals surface area (Å²) < 4.78 is 2.44. The second-order valence-corrected chi connectivity index (χ2v) is 7.07. The Morgan fingerprint density at radius 1 is 0.444 bits per heavy atom. The zero-order valence-corrected chi connectivity index (χ0v) is 14.8. The second kappa shape index (κ2) is 5.46. The number of para-hydroxylation sites is 1. The van der Waals surface area contributed by atoms with Crippen molar-refractivity contribution < 1.29 is 0 Å². The lowest BCUT2D eigenvalue weighted by molar-refractivity contribution is 1.33. The summed E-state index contributed by atoms with van der Waals surface area (Å²) in [5.74, 6) is 0. The molecule has 3 aromatic carbocycles. The van der Waals surface area contributed by atoms with Gasteiger partial charge in [0.2, 0.25) is 0 Å². The molecule has 1 nitrogen and oxygen atoms in total. The Morgan fingerprint density at radius 3 is 1.41 bits per heavy atom. The fraction of sp³-hybridized carbons (Fsp3) is 0. The lowest BCUT2D eigenvalue weighted by atomic mass is 9.99. The summed E-state index contributed by atoms with van der Waals surface area (Å²) in [6.45, 7) is 0. The minimum atomic E-state index is 1.25. The number of hydrogen-bond donors (Lipinski definition) is 0. The lowest BCUT2D eigenvalue weighted by Crippen LogP contribution is -1.96. The van der Waals surface area contributed by atoms with E-state index in [4.69, 9.17) is 0 Å². The van der Waals surface area contributed by atoms with Gasteiger partial charge in [-0.2, -0.15) is 0 Å². The van der Waals surface area contributed by atoms with E-state index in [2.05, 4.69) is 108 Å². The van der Waals surface area contributed by atoms with Crippen molar-refractivity contribution in [3.05, 3.63) is 103 Å². The van der Waals surface area contributed by atoms with Crippen molar-refractivity contribution in [3.63, 3.8) is 0 Å². The van der Waals surface area contributed by atoms with Crippen LogP contribution in [0.3, 0.4) is 0 Å². The Morgan fingerprint density at radius 2 is 0.926 bits per heavy atom. The molecule has 0 saturated carbocycles. The fourth-order valence-corrected chi connectivity index (χ4v) is 4.33. The van der Waals surface area contributed by atoms with Crippen LogP contribution in [0.15, 0.2) is 103 Å². The third-order valence-corrected chi connectivity index (χ3v) is 5.52. The highest BCUT2D eigenvalue weighted by atomic mass is 14.9. The monoisotopic (exact) mass is 343 g/mol. The van der Waals surface area contributed by atoms with Gasteiger partial charge in [-0.25, -0.2) is 0 Å². The van der Waals surface area contributed by atoms with Crippen LogP contribution < -0.4 is 0 Å². The average molecular weight is 343 g/mol. The second-order valence-electron chi connectivity index (χ2n) is 7.07. The summed E-state index contributed by atoms with van der Waals surface area (Å²) in [4.78, 5) is 0. The molecular formula is C26H17N. The molecular weight excluding hydrogens is 326 g/mol. The van der Waals surface area contributed by atoms with Crippen LogP contribution in [-0.2, 0) is 0 Å². The normalized spacial score (nSPS) is 11.7. The maximum absolute atomic E-state index is 2.44. The van der Waals surface area contributed by atoms with Crippen molar-refractivity contribution in [2.75, 3.05) is 0 Å². The van der Waals surface area contributed by atoms with Gasteiger partial charge in [-0.3, -0.25) is 0 Å². The molecule has 0 saturated heterocycles. The predicted molar refractivity (Wildman–Crippen MR) is 114 cm³/mol. The first-order chi connectivity index (χ1) is 13.4. The summed E-state index contributed by atoms with van der Waals surface area (Å²) in [6.07, 6.45) is 0. The van der Waals surface area contributed by atoms with Gasteiger partial charge in [0.25, 0.3) is 0 Å². The summed E-state index contributed by atoms with van der Waals surface area (Å²) in [6, 6.07) is 37.1. The molecule has 0 bridgehead atoms. The van der Waals surface area contributed by atoms with E-state index in [1.165, 1.54) is 49.6 Å². The van der Waals surface area contributed by atoms with E-state index in [9.17, 15) is 0 Å². The Labute approximate surface area is 157 Å². The fourth-order valence-electron chi connectivity index (χ4n) is 4.33. The van der Waals surface area contributed by atoms with Gasteiger partial charge >= 0.3 is 0 Å². The van der Waals surface area contributed by atoms with Crippen LogP contribution in [0.1, 0.15) is 0 Å². The third kappa shape index (κ3) is 2.06. The molecule has 0 fully saturated rings. The maximum atomic E-state index is 2.44. The largest absolute Gasteiger partial charge is 0.308 e. The van der Waals surface area contributed by atoms with E-state index in [0.29, 0.717) is 0 Å². The van der Waals surface area contributed by atoms with E-state index in [1.54, 1.807) is 0 Å². The molecule has 6 aromatic rings. The molecule has 3 heterocycles. The number of rotatable bonds is 2. The van der Waals surface area contributed by atoms with E-state index < -0.39 is 0 Å². The summed E-state index contributed by atoms with van der Waals surface area (Å²) in [5.41, 5.74) is 8.89. The average Bonchev–Trinajstić information content (AvgIpc) is 3.19. The Kier molecular flexibility index (Phi) is 2.95. The third-order valence-electron chi connectivity index (χ3n) is 5.52. The zero-order chi connectivity index (χ0) is 17.8. The Bertz CT molecular complexity index is 1290. The van der Waals surface area contributed by atoms with E-state index >= 15 is 0 Å². The molecule has 0 amide bonds.